The van der Waals surface area contributed by atoms with Crippen molar-refractivity contribution in [3.63, 3.8) is 0 Å². The van der Waals surface area contributed by atoms with Crippen molar-refractivity contribution in [1.29, 1.82) is 0 Å². The molecule has 1 spiro atoms. The maximum absolute atomic E-state index is 12.5. The highest BCUT2D eigenvalue weighted by molar-refractivity contribution is 7.09. The van der Waals surface area contributed by atoms with Crippen LogP contribution in [0.25, 0.3) is 0 Å². The standard InChI is InChI=1S/C16H23N3OS/c1-12-17-13(10-21-12)9-18-7-4-16(11-18)8-14(16)15(20)19-5-2-3-6-19/h10,14H,2-9,11H2,1H3/t14-,16+/m0/s1. The fourth-order valence-corrected chi connectivity index (χ4v) is 4.74. The van der Waals surface area contributed by atoms with Crippen LogP contribution < -0.4 is 0 Å². The molecule has 3 aliphatic rings. The minimum atomic E-state index is 0.310. The van der Waals surface area contributed by atoms with Gasteiger partial charge in [0.2, 0.25) is 5.91 Å². The van der Waals surface area contributed by atoms with Crippen molar-refractivity contribution in [2.45, 2.75) is 39.2 Å². The lowest BCUT2D eigenvalue weighted by Crippen LogP contribution is -2.31. The van der Waals surface area contributed by atoms with Gasteiger partial charge in [0, 0.05) is 37.5 Å². The molecule has 0 bridgehead atoms. The zero-order valence-corrected chi connectivity index (χ0v) is 13.5. The number of likely N-dealkylation sites (tertiary alicyclic amines) is 2. The van der Waals surface area contributed by atoms with E-state index in [1.807, 2.05) is 0 Å². The maximum Gasteiger partial charge on any atom is 0.226 e. The number of nitrogens with zero attached hydrogens (tertiary/aromatic N) is 3. The van der Waals surface area contributed by atoms with Crippen molar-refractivity contribution >= 4 is 17.2 Å². The predicted molar refractivity (Wildman–Crippen MR) is 83.1 cm³/mol. The third-order valence-corrected chi connectivity index (χ3v) is 6.24. The Hall–Kier alpha value is -0.940. The second kappa shape index (κ2) is 5.06. The Balaban J connectivity index is 1.35. The largest absolute Gasteiger partial charge is 0.342 e. The van der Waals surface area contributed by atoms with Gasteiger partial charge in [-0.15, -0.1) is 11.3 Å². The number of thiazole rings is 1. The Morgan fingerprint density at radius 3 is 2.95 bits per heavy atom. The summed E-state index contributed by atoms with van der Waals surface area (Å²) in [6.07, 6.45) is 4.71. The van der Waals surface area contributed by atoms with E-state index in [4.69, 9.17) is 0 Å². The van der Waals surface area contributed by atoms with Crippen LogP contribution in [0.2, 0.25) is 0 Å². The van der Waals surface area contributed by atoms with Crippen LogP contribution in [0, 0.1) is 18.3 Å². The second-order valence-corrected chi connectivity index (χ2v) is 8.03. The zero-order chi connectivity index (χ0) is 14.4. The van der Waals surface area contributed by atoms with E-state index in [-0.39, 0.29) is 0 Å². The van der Waals surface area contributed by atoms with Crippen molar-refractivity contribution < 1.29 is 4.79 Å². The summed E-state index contributed by atoms with van der Waals surface area (Å²) < 4.78 is 0. The van der Waals surface area contributed by atoms with Gasteiger partial charge in [-0.3, -0.25) is 9.69 Å². The fourth-order valence-electron chi connectivity index (χ4n) is 4.13. The first-order valence-corrected chi connectivity index (χ1v) is 8.96. The summed E-state index contributed by atoms with van der Waals surface area (Å²) in [5, 5.41) is 3.31. The number of hydrogen-bond acceptors (Lipinski definition) is 4. The van der Waals surface area contributed by atoms with Crippen LogP contribution in [-0.4, -0.2) is 46.9 Å². The van der Waals surface area contributed by atoms with Gasteiger partial charge in [0.15, 0.2) is 0 Å². The van der Waals surface area contributed by atoms with Crippen molar-refractivity contribution in [3.05, 3.63) is 16.1 Å². The number of aromatic nitrogens is 1. The fraction of sp³-hybridized carbons (Fsp3) is 0.750. The van der Waals surface area contributed by atoms with E-state index in [2.05, 4.69) is 27.1 Å². The molecule has 1 saturated carbocycles. The quantitative estimate of drug-likeness (QED) is 0.859. The molecule has 0 radical (unpaired) electrons. The van der Waals surface area contributed by atoms with Crippen molar-refractivity contribution in [3.8, 4) is 0 Å². The van der Waals surface area contributed by atoms with Gasteiger partial charge in [-0.05, 0) is 44.6 Å². The lowest BCUT2D eigenvalue weighted by atomic mass is 10.0. The Bertz CT molecular complexity index is 551. The summed E-state index contributed by atoms with van der Waals surface area (Å²) in [4.78, 5) is 21.7. The van der Waals surface area contributed by atoms with Gasteiger partial charge in [-0.25, -0.2) is 4.98 Å². The number of aryl methyl sites for hydroxylation is 1. The van der Waals surface area contributed by atoms with Gasteiger partial charge in [0.05, 0.1) is 10.7 Å². The van der Waals surface area contributed by atoms with Gasteiger partial charge in [0.1, 0.15) is 0 Å². The summed E-state index contributed by atoms with van der Waals surface area (Å²) in [5.41, 5.74) is 1.50. The molecule has 2 saturated heterocycles. The molecule has 1 aromatic heterocycles. The molecular weight excluding hydrogens is 282 g/mol. The van der Waals surface area contributed by atoms with E-state index < -0.39 is 0 Å². The highest BCUT2D eigenvalue weighted by Gasteiger charge is 2.61. The number of carbonyl (C=O) groups excluding carboxylic acids is 1. The van der Waals surface area contributed by atoms with Crippen LogP contribution in [0.3, 0.4) is 0 Å². The molecular formula is C16H23N3OS. The number of hydrogen-bond donors (Lipinski definition) is 0. The first-order valence-electron chi connectivity index (χ1n) is 8.08. The molecule has 0 unspecified atom stereocenters. The Labute approximate surface area is 130 Å². The molecule has 1 aromatic rings. The third kappa shape index (κ3) is 2.50. The minimum Gasteiger partial charge on any atom is -0.342 e. The van der Waals surface area contributed by atoms with Gasteiger partial charge in [-0.1, -0.05) is 0 Å². The maximum atomic E-state index is 12.5. The van der Waals surface area contributed by atoms with Gasteiger partial charge in [0.25, 0.3) is 0 Å². The van der Waals surface area contributed by atoms with Crippen LogP contribution in [0.15, 0.2) is 5.38 Å². The van der Waals surface area contributed by atoms with Crippen LogP contribution in [0.5, 0.6) is 0 Å². The lowest BCUT2D eigenvalue weighted by molar-refractivity contribution is -0.132. The summed E-state index contributed by atoms with van der Waals surface area (Å²) >= 11 is 1.73. The number of rotatable bonds is 3. The van der Waals surface area contributed by atoms with E-state index >= 15 is 0 Å². The minimum absolute atomic E-state index is 0.310. The highest BCUT2D eigenvalue weighted by atomic mass is 32.1. The topological polar surface area (TPSA) is 36.4 Å². The summed E-state index contributed by atoms with van der Waals surface area (Å²) in [6, 6.07) is 0. The molecule has 2 atom stereocenters. The van der Waals surface area contributed by atoms with Gasteiger partial charge >= 0.3 is 0 Å². The van der Waals surface area contributed by atoms with Crippen molar-refractivity contribution in [2.75, 3.05) is 26.2 Å². The second-order valence-electron chi connectivity index (χ2n) is 6.97. The lowest BCUT2D eigenvalue weighted by Gasteiger charge is -2.18. The molecule has 1 aliphatic carbocycles. The molecule has 4 nitrogen and oxygen atoms in total. The molecule has 4 rings (SSSR count). The van der Waals surface area contributed by atoms with E-state index in [1.165, 1.54) is 25.0 Å². The molecule has 21 heavy (non-hydrogen) atoms. The normalized spacial score (nSPS) is 32.2. The zero-order valence-electron chi connectivity index (χ0n) is 12.7. The molecule has 0 N–H and O–H groups in total. The van der Waals surface area contributed by atoms with Gasteiger partial charge in [-0.2, -0.15) is 0 Å². The molecule has 5 heteroatoms. The molecule has 3 heterocycles. The molecule has 1 amide bonds. The highest BCUT2D eigenvalue weighted by Crippen LogP contribution is 2.59. The average Bonchev–Trinajstić information content (AvgIpc) is 2.91. The van der Waals surface area contributed by atoms with Crippen LogP contribution in [0.1, 0.15) is 36.4 Å². The SMILES string of the molecule is Cc1nc(CN2CC[C@@]3(C[C@H]3C(=O)N3CCCC3)C2)cs1. The van der Waals surface area contributed by atoms with E-state index in [9.17, 15) is 4.79 Å². The molecule has 3 fully saturated rings. The third-order valence-electron chi connectivity index (χ3n) is 5.42. The van der Waals surface area contributed by atoms with Crippen molar-refractivity contribution in [2.24, 2.45) is 11.3 Å². The summed E-state index contributed by atoms with van der Waals surface area (Å²) in [6.45, 7) is 7.22. The number of carbonyl (C=O) groups is 1. The smallest absolute Gasteiger partial charge is 0.226 e. The monoisotopic (exact) mass is 305 g/mol. The van der Waals surface area contributed by atoms with Crippen LogP contribution in [-0.2, 0) is 11.3 Å². The molecule has 2 aliphatic heterocycles. The van der Waals surface area contributed by atoms with Crippen LogP contribution in [0.4, 0.5) is 0 Å². The first-order chi connectivity index (χ1) is 10.2. The number of amides is 1. The first kappa shape index (κ1) is 13.7. The van der Waals surface area contributed by atoms with Gasteiger partial charge < -0.3 is 4.90 Å². The van der Waals surface area contributed by atoms with Crippen LogP contribution >= 0.6 is 11.3 Å². The Kier molecular flexibility index (Phi) is 3.30. The van der Waals surface area contributed by atoms with E-state index in [1.54, 1.807) is 11.3 Å². The van der Waals surface area contributed by atoms with E-state index in [0.717, 1.165) is 44.2 Å². The average molecular weight is 305 g/mol. The molecule has 0 aromatic carbocycles. The Morgan fingerprint density at radius 1 is 1.43 bits per heavy atom. The molecule has 114 valence electrons. The Morgan fingerprint density at radius 2 is 2.24 bits per heavy atom. The van der Waals surface area contributed by atoms with Crippen molar-refractivity contribution in [1.82, 2.24) is 14.8 Å². The predicted octanol–water partition coefficient (Wildman–Crippen LogP) is 2.29. The summed E-state index contributed by atoms with van der Waals surface area (Å²) in [7, 11) is 0. The summed E-state index contributed by atoms with van der Waals surface area (Å²) in [5.74, 6) is 0.761. The van der Waals surface area contributed by atoms with E-state index in [0.29, 0.717) is 17.2 Å².